The van der Waals surface area contributed by atoms with Crippen LogP contribution in [0.1, 0.15) is 25.5 Å². The van der Waals surface area contributed by atoms with E-state index in [1.165, 1.54) is 17.8 Å². The highest BCUT2D eigenvalue weighted by Gasteiger charge is 2.17. The highest BCUT2D eigenvalue weighted by atomic mass is 79.9. The van der Waals surface area contributed by atoms with Gasteiger partial charge in [0.2, 0.25) is 5.95 Å². The summed E-state index contributed by atoms with van der Waals surface area (Å²) in [5.41, 5.74) is 6.48. The van der Waals surface area contributed by atoms with Crippen LogP contribution in [0.15, 0.2) is 27.8 Å². The molecule has 21 heavy (non-hydrogen) atoms. The number of nitrogens with two attached hydrogens (primary N) is 1. The first-order valence-electron chi connectivity index (χ1n) is 6.16. The molecule has 2 aromatic rings. The number of anilines is 1. The van der Waals surface area contributed by atoms with Crippen molar-refractivity contribution in [2.75, 3.05) is 5.73 Å². The lowest BCUT2D eigenvalue weighted by atomic mass is 10.2. The highest BCUT2D eigenvalue weighted by molar-refractivity contribution is 9.10. The quantitative estimate of drug-likeness (QED) is 0.491. The number of nitrogen functional groups attached to an aromatic ring is 1. The third-order valence-electron chi connectivity index (χ3n) is 2.81. The second kappa shape index (κ2) is 6.44. The summed E-state index contributed by atoms with van der Waals surface area (Å²) in [6, 6.07) is 5.14. The average molecular weight is 372 g/mol. The molecule has 0 spiro atoms. The van der Waals surface area contributed by atoms with Crippen LogP contribution in [0.3, 0.4) is 0 Å². The second-order valence-electron chi connectivity index (χ2n) is 4.62. The number of rotatable bonds is 5. The lowest BCUT2D eigenvalue weighted by molar-refractivity contribution is -0.385. The van der Waals surface area contributed by atoms with E-state index < -0.39 is 0 Å². The van der Waals surface area contributed by atoms with Crippen molar-refractivity contribution in [3.05, 3.63) is 38.3 Å². The first-order valence-corrected chi connectivity index (χ1v) is 7.94. The van der Waals surface area contributed by atoms with Gasteiger partial charge in [0.1, 0.15) is 0 Å². The summed E-state index contributed by atoms with van der Waals surface area (Å²) in [7, 11) is 0. The monoisotopic (exact) mass is 371 g/mol. The lowest BCUT2D eigenvalue weighted by Gasteiger charge is -2.11. The minimum absolute atomic E-state index is 0.0838. The van der Waals surface area contributed by atoms with E-state index >= 15 is 0 Å². The van der Waals surface area contributed by atoms with Gasteiger partial charge >= 0.3 is 0 Å². The van der Waals surface area contributed by atoms with Gasteiger partial charge in [0.15, 0.2) is 5.16 Å². The molecule has 0 aliphatic carbocycles. The van der Waals surface area contributed by atoms with Gasteiger partial charge in [-0.15, -0.1) is 10.2 Å². The molecule has 2 N–H and O–H groups in total. The van der Waals surface area contributed by atoms with Gasteiger partial charge in [-0.1, -0.05) is 33.8 Å². The predicted octanol–water partition coefficient (Wildman–Crippen LogP) is 3.40. The maximum Gasteiger partial charge on any atom is 0.274 e. The molecule has 9 heteroatoms. The normalized spacial score (nSPS) is 11.0. The highest BCUT2D eigenvalue weighted by Crippen LogP contribution is 2.31. The van der Waals surface area contributed by atoms with E-state index in [4.69, 9.17) is 5.73 Å². The van der Waals surface area contributed by atoms with Crippen molar-refractivity contribution in [1.82, 2.24) is 14.8 Å². The Morgan fingerprint density at radius 3 is 2.81 bits per heavy atom. The molecule has 0 radical (unpaired) electrons. The topological polar surface area (TPSA) is 99.9 Å². The number of aromatic nitrogens is 3. The Balaban J connectivity index is 2.23. The van der Waals surface area contributed by atoms with Crippen molar-refractivity contribution in [1.29, 1.82) is 0 Å². The Kier molecular flexibility index (Phi) is 4.84. The summed E-state index contributed by atoms with van der Waals surface area (Å²) < 4.78 is 2.48. The van der Waals surface area contributed by atoms with Crippen LogP contribution >= 0.6 is 27.7 Å². The third kappa shape index (κ3) is 3.53. The molecular weight excluding hydrogens is 358 g/mol. The number of hydrogen-bond acceptors (Lipinski definition) is 6. The van der Waals surface area contributed by atoms with Crippen LogP contribution in [0.4, 0.5) is 11.6 Å². The van der Waals surface area contributed by atoms with Crippen LogP contribution in [0.5, 0.6) is 0 Å². The zero-order valence-electron chi connectivity index (χ0n) is 11.5. The number of halogens is 1. The predicted molar refractivity (Wildman–Crippen MR) is 85.2 cm³/mol. The smallest absolute Gasteiger partial charge is 0.274 e. The standard InChI is InChI=1S/C12H14BrN5O2S/c1-7(2)17-11(14)15-16-12(17)21-6-8-3-4-9(13)5-10(8)18(19)20/h3-5,7H,6H2,1-2H3,(H2,14,15). The van der Waals surface area contributed by atoms with E-state index in [9.17, 15) is 10.1 Å². The molecule has 2 rings (SSSR count). The largest absolute Gasteiger partial charge is 0.368 e. The first kappa shape index (κ1) is 15.8. The van der Waals surface area contributed by atoms with Crippen LogP contribution in [-0.2, 0) is 5.75 Å². The van der Waals surface area contributed by atoms with Crippen molar-refractivity contribution < 1.29 is 4.92 Å². The van der Waals surface area contributed by atoms with Gasteiger partial charge in [-0.25, -0.2) is 0 Å². The number of nitro benzene ring substituents is 1. The summed E-state index contributed by atoms with van der Waals surface area (Å²) in [6.07, 6.45) is 0. The summed E-state index contributed by atoms with van der Waals surface area (Å²) in [5, 5.41) is 19.6. The molecule has 1 heterocycles. The first-order chi connectivity index (χ1) is 9.90. The molecule has 1 aromatic heterocycles. The number of thioether (sulfide) groups is 1. The minimum Gasteiger partial charge on any atom is -0.368 e. The Morgan fingerprint density at radius 2 is 2.19 bits per heavy atom. The number of benzene rings is 1. The summed E-state index contributed by atoms with van der Waals surface area (Å²) in [4.78, 5) is 10.7. The van der Waals surface area contributed by atoms with Gasteiger partial charge in [0.25, 0.3) is 5.69 Å². The zero-order valence-corrected chi connectivity index (χ0v) is 13.9. The fourth-order valence-electron chi connectivity index (χ4n) is 1.84. The molecule has 0 saturated carbocycles. The van der Waals surface area contributed by atoms with Gasteiger partial charge in [-0.2, -0.15) is 0 Å². The van der Waals surface area contributed by atoms with E-state index in [1.54, 1.807) is 16.7 Å². The van der Waals surface area contributed by atoms with E-state index in [0.717, 1.165) is 0 Å². The van der Waals surface area contributed by atoms with Crippen molar-refractivity contribution in [2.24, 2.45) is 0 Å². The molecular formula is C12H14BrN5O2S. The van der Waals surface area contributed by atoms with Crippen LogP contribution in [0, 0.1) is 10.1 Å². The molecule has 0 unspecified atom stereocenters. The van der Waals surface area contributed by atoms with Crippen LogP contribution in [0.25, 0.3) is 0 Å². The van der Waals surface area contributed by atoms with Crippen molar-refractivity contribution in [3.8, 4) is 0 Å². The van der Waals surface area contributed by atoms with Gasteiger partial charge in [-0.3, -0.25) is 14.7 Å². The Hall–Kier alpha value is -1.61. The van der Waals surface area contributed by atoms with Crippen molar-refractivity contribution in [2.45, 2.75) is 30.8 Å². The summed E-state index contributed by atoms with van der Waals surface area (Å²) in [5.74, 6) is 0.770. The number of hydrogen-bond donors (Lipinski definition) is 1. The van der Waals surface area contributed by atoms with Crippen molar-refractivity contribution >= 4 is 39.3 Å². The van der Waals surface area contributed by atoms with Crippen LogP contribution < -0.4 is 5.73 Å². The Labute approximate surface area is 134 Å². The van der Waals surface area contributed by atoms with Gasteiger partial charge in [-0.05, 0) is 19.9 Å². The summed E-state index contributed by atoms with van der Waals surface area (Å²) in [6.45, 7) is 3.96. The van der Waals surface area contributed by atoms with E-state index in [0.29, 0.717) is 26.9 Å². The molecule has 112 valence electrons. The van der Waals surface area contributed by atoms with E-state index in [1.807, 2.05) is 13.8 Å². The fraction of sp³-hybridized carbons (Fsp3) is 0.333. The molecule has 7 nitrogen and oxygen atoms in total. The molecule has 0 bridgehead atoms. The van der Waals surface area contributed by atoms with Crippen LogP contribution in [0.2, 0.25) is 0 Å². The number of nitrogens with zero attached hydrogens (tertiary/aromatic N) is 4. The van der Waals surface area contributed by atoms with Crippen molar-refractivity contribution in [3.63, 3.8) is 0 Å². The van der Waals surface area contributed by atoms with Gasteiger partial charge in [0, 0.05) is 27.9 Å². The Morgan fingerprint density at radius 1 is 1.48 bits per heavy atom. The zero-order chi connectivity index (χ0) is 15.6. The molecule has 0 aliphatic rings. The molecule has 0 atom stereocenters. The minimum atomic E-state index is -0.387. The number of nitro groups is 1. The molecule has 0 saturated heterocycles. The molecule has 0 fully saturated rings. The fourth-order valence-corrected chi connectivity index (χ4v) is 3.26. The van der Waals surface area contributed by atoms with Gasteiger partial charge < -0.3 is 5.73 Å². The van der Waals surface area contributed by atoms with E-state index in [-0.39, 0.29) is 16.7 Å². The third-order valence-corrected chi connectivity index (χ3v) is 4.29. The molecule has 1 aromatic carbocycles. The average Bonchev–Trinajstić information content (AvgIpc) is 2.78. The lowest BCUT2D eigenvalue weighted by Crippen LogP contribution is -2.07. The molecule has 0 amide bonds. The maximum atomic E-state index is 11.1. The van der Waals surface area contributed by atoms with Gasteiger partial charge in [0.05, 0.1) is 4.92 Å². The Bertz CT molecular complexity index is 674. The van der Waals surface area contributed by atoms with E-state index in [2.05, 4.69) is 26.1 Å². The SMILES string of the molecule is CC(C)n1c(N)nnc1SCc1ccc(Br)cc1[N+](=O)[O-]. The maximum absolute atomic E-state index is 11.1. The van der Waals surface area contributed by atoms with Crippen LogP contribution in [-0.4, -0.2) is 19.7 Å². The molecule has 0 aliphatic heterocycles. The summed E-state index contributed by atoms with van der Waals surface area (Å²) >= 11 is 4.62. The second-order valence-corrected chi connectivity index (χ2v) is 6.48.